The highest BCUT2D eigenvalue weighted by Gasteiger charge is 2.09. The number of hydrogen-bond donors (Lipinski definition) is 0. The van der Waals surface area contributed by atoms with Gasteiger partial charge >= 0.3 is 0 Å². The molecule has 20 heavy (non-hydrogen) atoms. The van der Waals surface area contributed by atoms with E-state index < -0.39 is 0 Å². The van der Waals surface area contributed by atoms with Crippen LogP contribution >= 0.6 is 0 Å². The molecule has 2 aromatic carbocycles. The molecule has 0 aliphatic carbocycles. The van der Waals surface area contributed by atoms with Gasteiger partial charge in [-0.15, -0.1) is 0 Å². The lowest BCUT2D eigenvalue weighted by molar-refractivity contribution is 0.0977. The average Bonchev–Trinajstić information content (AvgIpc) is 2.81. The van der Waals surface area contributed by atoms with Crippen molar-refractivity contribution >= 4 is 16.8 Å². The molecule has 3 heteroatoms. The van der Waals surface area contributed by atoms with E-state index in [4.69, 9.17) is 0 Å². The Hall–Kier alpha value is -2.42. The number of nitrogens with zero attached hydrogens (tertiary/aromatic N) is 2. The Balaban J connectivity index is 1.81. The number of Topliss-reactive ketones (excluding diaryl/α,β-unsaturated/α-hetero) is 1. The summed E-state index contributed by atoms with van der Waals surface area (Å²) in [7, 11) is 0. The second-order valence-electron chi connectivity index (χ2n) is 4.84. The molecule has 0 fully saturated rings. The Morgan fingerprint density at radius 3 is 2.55 bits per heavy atom. The van der Waals surface area contributed by atoms with E-state index in [0.29, 0.717) is 13.0 Å². The molecule has 3 nitrogen and oxygen atoms in total. The zero-order chi connectivity index (χ0) is 13.9. The lowest BCUT2D eigenvalue weighted by Gasteiger charge is -2.06. The minimum atomic E-state index is 0.169. The Morgan fingerprint density at radius 1 is 1.05 bits per heavy atom. The van der Waals surface area contributed by atoms with Gasteiger partial charge in [-0.25, -0.2) is 4.98 Å². The fourth-order valence-electron chi connectivity index (χ4n) is 2.46. The van der Waals surface area contributed by atoms with E-state index in [-0.39, 0.29) is 5.78 Å². The van der Waals surface area contributed by atoms with Crippen molar-refractivity contribution in [2.75, 3.05) is 0 Å². The number of carbonyl (C=O) groups is 1. The topological polar surface area (TPSA) is 34.9 Å². The summed E-state index contributed by atoms with van der Waals surface area (Å²) >= 11 is 0. The lowest BCUT2D eigenvalue weighted by Crippen LogP contribution is -2.07. The van der Waals surface area contributed by atoms with E-state index in [0.717, 1.165) is 22.4 Å². The number of fused-ring (bicyclic) bond motifs is 1. The van der Waals surface area contributed by atoms with Crippen LogP contribution in [-0.2, 0) is 6.54 Å². The van der Waals surface area contributed by atoms with Crippen molar-refractivity contribution in [3.05, 3.63) is 66.0 Å². The van der Waals surface area contributed by atoms with Gasteiger partial charge in [0.2, 0.25) is 0 Å². The van der Waals surface area contributed by atoms with E-state index >= 15 is 0 Å². The monoisotopic (exact) mass is 264 g/mol. The molecule has 0 unspecified atom stereocenters. The van der Waals surface area contributed by atoms with Crippen molar-refractivity contribution in [2.24, 2.45) is 0 Å². The summed E-state index contributed by atoms with van der Waals surface area (Å²) in [4.78, 5) is 16.7. The van der Waals surface area contributed by atoms with E-state index in [2.05, 4.69) is 9.55 Å². The van der Waals surface area contributed by atoms with Crippen molar-refractivity contribution in [3.8, 4) is 0 Å². The molecule has 0 aliphatic heterocycles. The molecule has 0 bridgehead atoms. The van der Waals surface area contributed by atoms with Crippen LogP contribution in [0.3, 0.4) is 0 Å². The smallest absolute Gasteiger partial charge is 0.164 e. The predicted octanol–water partition coefficient (Wildman–Crippen LogP) is 3.62. The minimum Gasteiger partial charge on any atom is -0.328 e. The quantitative estimate of drug-likeness (QED) is 0.675. The van der Waals surface area contributed by atoms with E-state index in [1.165, 1.54) is 0 Å². The lowest BCUT2D eigenvalue weighted by atomic mass is 10.1. The number of ketones is 1. The minimum absolute atomic E-state index is 0.169. The van der Waals surface area contributed by atoms with Gasteiger partial charge in [0.25, 0.3) is 0 Å². The summed E-state index contributed by atoms with van der Waals surface area (Å²) in [5.41, 5.74) is 2.84. The molecule has 1 aromatic heterocycles. The first-order chi connectivity index (χ1) is 9.75. The first-order valence-electron chi connectivity index (χ1n) is 6.76. The van der Waals surface area contributed by atoms with Gasteiger partial charge in [-0.2, -0.15) is 0 Å². The van der Waals surface area contributed by atoms with Crippen LogP contribution in [0.1, 0.15) is 22.6 Å². The molecule has 0 aliphatic rings. The van der Waals surface area contributed by atoms with Crippen LogP contribution in [0.5, 0.6) is 0 Å². The zero-order valence-electron chi connectivity index (χ0n) is 11.4. The summed E-state index contributed by atoms with van der Waals surface area (Å²) in [5.74, 6) is 1.12. The van der Waals surface area contributed by atoms with Gasteiger partial charge in [-0.1, -0.05) is 42.5 Å². The molecule has 0 spiro atoms. The van der Waals surface area contributed by atoms with Gasteiger partial charge < -0.3 is 4.57 Å². The van der Waals surface area contributed by atoms with Crippen LogP contribution in [0, 0.1) is 6.92 Å². The largest absolute Gasteiger partial charge is 0.328 e. The number of rotatable bonds is 4. The molecule has 3 rings (SSSR count). The summed E-state index contributed by atoms with van der Waals surface area (Å²) in [6, 6.07) is 17.5. The van der Waals surface area contributed by atoms with Crippen molar-refractivity contribution in [1.29, 1.82) is 0 Å². The van der Waals surface area contributed by atoms with Crippen LogP contribution in [0.25, 0.3) is 11.0 Å². The molecule has 0 N–H and O–H groups in total. The average molecular weight is 264 g/mol. The predicted molar refractivity (Wildman–Crippen MR) is 79.9 cm³/mol. The van der Waals surface area contributed by atoms with Gasteiger partial charge in [0, 0.05) is 18.5 Å². The van der Waals surface area contributed by atoms with Crippen LogP contribution in [0.15, 0.2) is 54.6 Å². The standard InChI is InChI=1S/C17H16N2O/c1-13-18-15-9-5-6-10-16(15)19(13)12-11-17(20)14-7-3-2-4-8-14/h2-10H,11-12H2,1H3. The van der Waals surface area contributed by atoms with Gasteiger partial charge in [-0.3, -0.25) is 4.79 Å². The fraction of sp³-hybridized carbons (Fsp3) is 0.176. The molecule has 0 saturated heterocycles. The molecule has 1 heterocycles. The highest BCUT2D eigenvalue weighted by Crippen LogP contribution is 2.16. The zero-order valence-corrected chi connectivity index (χ0v) is 11.4. The van der Waals surface area contributed by atoms with E-state index in [1.807, 2.05) is 61.5 Å². The van der Waals surface area contributed by atoms with Crippen LogP contribution < -0.4 is 0 Å². The number of para-hydroxylation sites is 2. The molecular weight excluding hydrogens is 248 g/mol. The Kier molecular flexibility index (Phi) is 3.33. The van der Waals surface area contributed by atoms with Crippen molar-refractivity contribution in [2.45, 2.75) is 19.9 Å². The highest BCUT2D eigenvalue weighted by molar-refractivity contribution is 5.96. The van der Waals surface area contributed by atoms with Gasteiger partial charge in [0.05, 0.1) is 11.0 Å². The molecule has 0 saturated carbocycles. The first-order valence-corrected chi connectivity index (χ1v) is 6.76. The number of hydrogen-bond acceptors (Lipinski definition) is 2. The van der Waals surface area contributed by atoms with Crippen molar-refractivity contribution < 1.29 is 4.79 Å². The van der Waals surface area contributed by atoms with Crippen molar-refractivity contribution in [1.82, 2.24) is 9.55 Å². The molecule has 0 amide bonds. The van der Waals surface area contributed by atoms with Crippen LogP contribution in [0.2, 0.25) is 0 Å². The van der Waals surface area contributed by atoms with Crippen LogP contribution in [0.4, 0.5) is 0 Å². The number of aromatic nitrogens is 2. The molecule has 0 atom stereocenters. The fourth-order valence-corrected chi connectivity index (χ4v) is 2.46. The maximum Gasteiger partial charge on any atom is 0.164 e. The summed E-state index contributed by atoms with van der Waals surface area (Å²) < 4.78 is 2.11. The van der Waals surface area contributed by atoms with Gasteiger partial charge in [0.15, 0.2) is 5.78 Å². The summed E-state index contributed by atoms with van der Waals surface area (Å²) in [5, 5.41) is 0. The first kappa shape index (κ1) is 12.6. The number of carbonyl (C=O) groups excluding carboxylic acids is 1. The van der Waals surface area contributed by atoms with Crippen molar-refractivity contribution in [3.63, 3.8) is 0 Å². The van der Waals surface area contributed by atoms with Crippen LogP contribution in [-0.4, -0.2) is 15.3 Å². The molecule has 100 valence electrons. The third-order valence-corrected chi connectivity index (χ3v) is 3.50. The Morgan fingerprint density at radius 2 is 1.75 bits per heavy atom. The molecular formula is C17H16N2O. The second-order valence-corrected chi connectivity index (χ2v) is 4.84. The van der Waals surface area contributed by atoms with Gasteiger partial charge in [0.1, 0.15) is 5.82 Å². The highest BCUT2D eigenvalue weighted by atomic mass is 16.1. The SMILES string of the molecule is Cc1nc2ccccc2n1CCC(=O)c1ccccc1. The number of benzene rings is 2. The third-order valence-electron chi connectivity index (χ3n) is 3.50. The Bertz CT molecular complexity index is 744. The second kappa shape index (κ2) is 5.29. The maximum atomic E-state index is 12.2. The van der Waals surface area contributed by atoms with Gasteiger partial charge in [-0.05, 0) is 19.1 Å². The number of aryl methyl sites for hydroxylation is 2. The third kappa shape index (κ3) is 2.35. The number of imidazole rings is 1. The summed E-state index contributed by atoms with van der Waals surface area (Å²) in [6.07, 6.45) is 0.491. The van der Waals surface area contributed by atoms with E-state index in [1.54, 1.807) is 0 Å². The maximum absolute atomic E-state index is 12.2. The molecule has 3 aromatic rings. The Labute approximate surface area is 117 Å². The van der Waals surface area contributed by atoms with E-state index in [9.17, 15) is 4.79 Å². The normalized spacial score (nSPS) is 10.8. The summed E-state index contributed by atoms with van der Waals surface area (Å²) in [6.45, 7) is 2.65. The molecule has 0 radical (unpaired) electrons.